The number of nitrogens with zero attached hydrogens (tertiary/aromatic N) is 1. The van der Waals surface area contributed by atoms with Crippen LogP contribution in [-0.4, -0.2) is 21.4 Å². The van der Waals surface area contributed by atoms with Crippen LogP contribution < -0.4 is 0 Å². The number of hydrogen-bond donors (Lipinski definition) is 2. The summed E-state index contributed by atoms with van der Waals surface area (Å²) in [6.07, 6.45) is 2.97. The topological polar surface area (TPSA) is 48.9 Å². The molecular weight excluding hydrogens is 176 g/mol. The van der Waals surface area contributed by atoms with E-state index in [1.165, 1.54) is 11.4 Å². The van der Waals surface area contributed by atoms with Crippen LogP contribution in [0.3, 0.4) is 0 Å². The first-order valence-corrected chi connectivity index (χ1v) is 5.52. The van der Waals surface area contributed by atoms with Gasteiger partial charge < -0.3 is 5.11 Å². The van der Waals surface area contributed by atoms with Gasteiger partial charge in [-0.05, 0) is 37.2 Å². The minimum Gasteiger partial charge on any atom is -0.393 e. The van der Waals surface area contributed by atoms with Gasteiger partial charge in [0.15, 0.2) is 0 Å². The summed E-state index contributed by atoms with van der Waals surface area (Å²) < 4.78 is 0. The number of fused-ring (bicyclic) bond motifs is 1. The van der Waals surface area contributed by atoms with Crippen LogP contribution in [0.25, 0.3) is 0 Å². The Bertz CT molecular complexity index is 335. The van der Waals surface area contributed by atoms with E-state index >= 15 is 0 Å². The molecule has 14 heavy (non-hydrogen) atoms. The van der Waals surface area contributed by atoms with E-state index in [1.807, 2.05) is 0 Å². The number of hydrogen-bond acceptors (Lipinski definition) is 2. The Balaban J connectivity index is 1.74. The average Bonchev–Trinajstić information content (AvgIpc) is 2.62. The summed E-state index contributed by atoms with van der Waals surface area (Å²) in [4.78, 5) is 0. The summed E-state index contributed by atoms with van der Waals surface area (Å²) >= 11 is 0. The molecule has 2 aliphatic rings. The van der Waals surface area contributed by atoms with Crippen LogP contribution in [-0.2, 0) is 6.42 Å². The van der Waals surface area contributed by atoms with Crippen LogP contribution in [0.1, 0.15) is 37.1 Å². The van der Waals surface area contributed by atoms with E-state index in [0.717, 1.165) is 31.1 Å². The zero-order valence-electron chi connectivity index (χ0n) is 8.40. The van der Waals surface area contributed by atoms with Gasteiger partial charge in [0.2, 0.25) is 0 Å². The fraction of sp³-hybridized carbons (Fsp3) is 0.727. The normalized spacial score (nSPS) is 39.9. The van der Waals surface area contributed by atoms with E-state index < -0.39 is 0 Å². The monoisotopic (exact) mass is 192 g/mol. The lowest BCUT2D eigenvalue weighted by Crippen LogP contribution is -2.04. The Morgan fingerprint density at radius 3 is 2.79 bits per heavy atom. The number of aryl methyl sites for hydroxylation is 1. The van der Waals surface area contributed by atoms with Gasteiger partial charge in [-0.25, -0.2) is 0 Å². The van der Waals surface area contributed by atoms with Gasteiger partial charge in [-0.2, -0.15) is 5.10 Å². The standard InChI is InChI=1S/C11H16N2O/c1-2-6-3-10(13-12-6)11-8-4-7(14)5-9(8)11/h3,7-9,11,14H,2,4-5H2,1H3,(H,12,13). The molecule has 2 atom stereocenters. The third-order valence-corrected chi connectivity index (χ3v) is 3.79. The third kappa shape index (κ3) is 1.12. The molecule has 0 spiro atoms. The van der Waals surface area contributed by atoms with Crippen LogP contribution in [0.5, 0.6) is 0 Å². The second-order valence-corrected chi connectivity index (χ2v) is 4.65. The zero-order chi connectivity index (χ0) is 9.71. The summed E-state index contributed by atoms with van der Waals surface area (Å²) in [7, 11) is 0. The van der Waals surface area contributed by atoms with Crippen LogP contribution in [0.15, 0.2) is 6.07 Å². The Labute approximate surface area is 83.5 Å². The first-order chi connectivity index (χ1) is 6.79. The van der Waals surface area contributed by atoms with Gasteiger partial charge in [0.1, 0.15) is 0 Å². The SMILES string of the molecule is CCc1cc(C2C3CC(O)CC32)n[nH]1. The summed E-state index contributed by atoms with van der Waals surface area (Å²) in [6.45, 7) is 2.13. The summed E-state index contributed by atoms with van der Waals surface area (Å²) in [5.41, 5.74) is 2.45. The van der Waals surface area contributed by atoms with E-state index in [9.17, 15) is 5.11 Å². The molecule has 0 bridgehead atoms. The predicted molar refractivity (Wildman–Crippen MR) is 52.9 cm³/mol. The van der Waals surface area contributed by atoms with Gasteiger partial charge in [0.25, 0.3) is 0 Å². The minimum absolute atomic E-state index is 0.0363. The van der Waals surface area contributed by atoms with Gasteiger partial charge in [0, 0.05) is 11.6 Å². The molecule has 76 valence electrons. The molecule has 2 unspecified atom stereocenters. The highest BCUT2D eigenvalue weighted by atomic mass is 16.3. The maximum absolute atomic E-state index is 9.42. The number of aromatic nitrogens is 2. The molecule has 1 aromatic heterocycles. The molecule has 3 rings (SSSR count). The van der Waals surface area contributed by atoms with Crippen LogP contribution in [0.2, 0.25) is 0 Å². The molecule has 2 N–H and O–H groups in total. The predicted octanol–water partition coefficient (Wildman–Crippen LogP) is 1.46. The molecule has 2 aliphatic carbocycles. The maximum Gasteiger partial charge on any atom is 0.0661 e. The summed E-state index contributed by atoms with van der Waals surface area (Å²) in [6, 6.07) is 2.19. The largest absolute Gasteiger partial charge is 0.393 e. The van der Waals surface area contributed by atoms with Crippen molar-refractivity contribution in [2.24, 2.45) is 11.8 Å². The number of nitrogens with one attached hydrogen (secondary N) is 1. The second-order valence-electron chi connectivity index (χ2n) is 4.65. The molecule has 0 aromatic carbocycles. The van der Waals surface area contributed by atoms with Crippen molar-refractivity contribution < 1.29 is 5.11 Å². The fourth-order valence-corrected chi connectivity index (χ4v) is 2.98. The molecule has 0 amide bonds. The van der Waals surface area contributed by atoms with Gasteiger partial charge >= 0.3 is 0 Å². The first kappa shape index (κ1) is 8.48. The Morgan fingerprint density at radius 1 is 1.50 bits per heavy atom. The van der Waals surface area contributed by atoms with Crippen molar-refractivity contribution in [3.8, 4) is 0 Å². The number of aliphatic hydroxyl groups is 1. The van der Waals surface area contributed by atoms with Crippen molar-refractivity contribution in [1.29, 1.82) is 0 Å². The third-order valence-electron chi connectivity index (χ3n) is 3.79. The van der Waals surface area contributed by atoms with E-state index in [2.05, 4.69) is 23.2 Å². The molecule has 0 aliphatic heterocycles. The number of H-pyrrole nitrogens is 1. The van der Waals surface area contributed by atoms with Gasteiger partial charge in [-0.15, -0.1) is 0 Å². The highest BCUT2D eigenvalue weighted by molar-refractivity contribution is 5.25. The van der Waals surface area contributed by atoms with Crippen LogP contribution >= 0.6 is 0 Å². The van der Waals surface area contributed by atoms with E-state index in [-0.39, 0.29) is 6.10 Å². The molecule has 2 fully saturated rings. The Kier molecular flexibility index (Phi) is 1.71. The lowest BCUT2D eigenvalue weighted by atomic mass is 10.1. The highest BCUT2D eigenvalue weighted by Gasteiger charge is 2.57. The number of aromatic amines is 1. The fourth-order valence-electron chi connectivity index (χ4n) is 2.98. The molecule has 3 heteroatoms. The van der Waals surface area contributed by atoms with E-state index in [1.54, 1.807) is 0 Å². The molecule has 3 nitrogen and oxygen atoms in total. The quantitative estimate of drug-likeness (QED) is 0.745. The summed E-state index contributed by atoms with van der Waals surface area (Å²) in [5, 5.41) is 16.8. The molecular formula is C11H16N2O. The zero-order valence-corrected chi connectivity index (χ0v) is 8.40. The molecule has 1 aromatic rings. The Hall–Kier alpha value is -0.830. The smallest absolute Gasteiger partial charge is 0.0661 e. The van der Waals surface area contributed by atoms with Gasteiger partial charge in [0.05, 0.1) is 11.8 Å². The van der Waals surface area contributed by atoms with Gasteiger partial charge in [-0.3, -0.25) is 5.10 Å². The number of aliphatic hydroxyl groups excluding tert-OH is 1. The van der Waals surface area contributed by atoms with E-state index in [0.29, 0.717) is 5.92 Å². The lowest BCUT2D eigenvalue weighted by Gasteiger charge is -2.04. The molecule has 0 radical (unpaired) electrons. The van der Waals surface area contributed by atoms with Crippen LogP contribution in [0, 0.1) is 11.8 Å². The summed E-state index contributed by atoms with van der Waals surface area (Å²) in [5.74, 6) is 2.09. The van der Waals surface area contributed by atoms with Crippen molar-refractivity contribution in [2.45, 2.75) is 38.2 Å². The van der Waals surface area contributed by atoms with Crippen molar-refractivity contribution in [3.63, 3.8) is 0 Å². The minimum atomic E-state index is -0.0363. The van der Waals surface area contributed by atoms with Gasteiger partial charge in [-0.1, -0.05) is 6.92 Å². The maximum atomic E-state index is 9.42. The van der Waals surface area contributed by atoms with Crippen molar-refractivity contribution >= 4 is 0 Å². The molecule has 1 heterocycles. The lowest BCUT2D eigenvalue weighted by molar-refractivity contribution is 0.165. The van der Waals surface area contributed by atoms with Crippen molar-refractivity contribution in [2.75, 3.05) is 0 Å². The first-order valence-electron chi connectivity index (χ1n) is 5.52. The van der Waals surface area contributed by atoms with Crippen molar-refractivity contribution in [3.05, 3.63) is 17.5 Å². The second kappa shape index (κ2) is 2.83. The number of rotatable bonds is 2. The highest BCUT2D eigenvalue weighted by Crippen LogP contribution is 2.62. The molecule has 0 saturated heterocycles. The van der Waals surface area contributed by atoms with Crippen molar-refractivity contribution in [1.82, 2.24) is 10.2 Å². The van der Waals surface area contributed by atoms with Crippen LogP contribution in [0.4, 0.5) is 0 Å². The van der Waals surface area contributed by atoms with E-state index in [4.69, 9.17) is 0 Å². The average molecular weight is 192 g/mol. The Morgan fingerprint density at radius 2 is 2.21 bits per heavy atom. The molecule has 2 saturated carbocycles.